The lowest BCUT2D eigenvalue weighted by Crippen LogP contribution is -2.29. The van der Waals surface area contributed by atoms with Gasteiger partial charge in [-0.3, -0.25) is 4.31 Å². The zero-order valence-corrected chi connectivity index (χ0v) is 17.0. The first kappa shape index (κ1) is 20.6. The molecule has 0 unspecified atom stereocenters. The number of hydrogen-bond donors (Lipinski definition) is 1. The molecule has 0 saturated heterocycles. The van der Waals surface area contributed by atoms with Crippen molar-refractivity contribution in [1.82, 2.24) is 0 Å². The Hall–Kier alpha value is -2.14. The molecule has 28 heavy (non-hydrogen) atoms. The number of ether oxygens (including phenoxy) is 2. The van der Waals surface area contributed by atoms with Gasteiger partial charge in [0.1, 0.15) is 12.4 Å². The largest absolute Gasteiger partial charge is 0.491 e. The number of rotatable bonds is 8. The smallest absolute Gasteiger partial charge is 0.264 e. The predicted octanol–water partition coefficient (Wildman–Crippen LogP) is 1.50. The van der Waals surface area contributed by atoms with Gasteiger partial charge in [0.2, 0.25) is 10.0 Å². The second-order valence-corrected chi connectivity index (χ2v) is 9.60. The van der Waals surface area contributed by atoms with Gasteiger partial charge in [-0.25, -0.2) is 22.0 Å². The van der Waals surface area contributed by atoms with Gasteiger partial charge in [-0.15, -0.1) is 0 Å². The third-order valence-corrected chi connectivity index (χ3v) is 7.08. The van der Waals surface area contributed by atoms with Crippen molar-refractivity contribution in [1.29, 1.82) is 0 Å². The van der Waals surface area contributed by atoms with Gasteiger partial charge in [-0.1, -0.05) is 0 Å². The van der Waals surface area contributed by atoms with E-state index in [1.54, 1.807) is 12.1 Å². The third kappa shape index (κ3) is 4.30. The van der Waals surface area contributed by atoms with E-state index in [0.717, 1.165) is 0 Å². The van der Waals surface area contributed by atoms with E-state index in [1.165, 1.54) is 34.6 Å². The number of sulfonamides is 2. The summed E-state index contributed by atoms with van der Waals surface area (Å²) in [7, 11) is -7.61. The average Bonchev–Trinajstić information content (AvgIpc) is 3.09. The van der Waals surface area contributed by atoms with Crippen molar-refractivity contribution < 1.29 is 26.3 Å². The standard InChI is InChI=1S/C18H22N2O6S2/c1-2-25-11-12-26-15-3-5-16(6-4-15)28(23,24)20-10-9-14-13-17(27(19,21)22)7-8-18(14)20/h3-8,13H,2,9-12H2,1H3,(H2,19,21,22). The number of hydrogen-bond acceptors (Lipinski definition) is 6. The average molecular weight is 427 g/mol. The Morgan fingerprint density at radius 1 is 1.00 bits per heavy atom. The van der Waals surface area contributed by atoms with Gasteiger partial charge in [0.15, 0.2) is 0 Å². The van der Waals surface area contributed by atoms with E-state index in [9.17, 15) is 16.8 Å². The Morgan fingerprint density at radius 3 is 2.32 bits per heavy atom. The van der Waals surface area contributed by atoms with Crippen LogP contribution in [-0.4, -0.2) is 43.2 Å². The summed E-state index contributed by atoms with van der Waals surface area (Å²) in [6.45, 7) is 3.58. The van der Waals surface area contributed by atoms with Crippen LogP contribution in [0.3, 0.4) is 0 Å². The van der Waals surface area contributed by atoms with Crippen molar-refractivity contribution in [2.45, 2.75) is 23.1 Å². The summed E-state index contributed by atoms with van der Waals surface area (Å²) >= 11 is 0. The van der Waals surface area contributed by atoms with Gasteiger partial charge >= 0.3 is 0 Å². The topological polar surface area (TPSA) is 116 Å². The lowest BCUT2D eigenvalue weighted by Gasteiger charge is -2.20. The summed E-state index contributed by atoms with van der Waals surface area (Å²) in [5.41, 5.74) is 1.09. The molecule has 0 spiro atoms. The molecule has 1 heterocycles. The maximum atomic E-state index is 13.0. The number of anilines is 1. The van der Waals surface area contributed by atoms with Crippen LogP contribution in [0.5, 0.6) is 5.75 Å². The van der Waals surface area contributed by atoms with E-state index >= 15 is 0 Å². The van der Waals surface area contributed by atoms with Crippen LogP contribution in [0.25, 0.3) is 0 Å². The van der Waals surface area contributed by atoms with Crippen LogP contribution in [0, 0.1) is 0 Å². The molecule has 1 aliphatic heterocycles. The summed E-state index contributed by atoms with van der Waals surface area (Å²) in [5, 5.41) is 5.15. The Kier molecular flexibility index (Phi) is 5.94. The van der Waals surface area contributed by atoms with Gasteiger partial charge < -0.3 is 9.47 Å². The fourth-order valence-corrected chi connectivity index (χ4v) is 5.04. The molecule has 2 aromatic carbocycles. The van der Waals surface area contributed by atoms with Crippen molar-refractivity contribution in [2.75, 3.05) is 30.7 Å². The molecule has 0 aromatic heterocycles. The van der Waals surface area contributed by atoms with E-state index in [4.69, 9.17) is 14.6 Å². The number of nitrogens with two attached hydrogens (primary N) is 1. The normalized spacial score (nSPS) is 14.1. The van der Waals surface area contributed by atoms with E-state index < -0.39 is 20.0 Å². The van der Waals surface area contributed by atoms with Crippen LogP contribution >= 0.6 is 0 Å². The second-order valence-electron chi connectivity index (χ2n) is 6.18. The minimum absolute atomic E-state index is 0.0287. The monoisotopic (exact) mass is 426 g/mol. The van der Waals surface area contributed by atoms with Crippen LogP contribution in [-0.2, 0) is 31.2 Å². The molecule has 0 radical (unpaired) electrons. The molecule has 0 fully saturated rings. The summed E-state index contributed by atoms with van der Waals surface area (Å²) in [4.78, 5) is 0.104. The van der Waals surface area contributed by atoms with Crippen LogP contribution in [0.4, 0.5) is 5.69 Å². The van der Waals surface area contributed by atoms with Gasteiger partial charge in [0, 0.05) is 13.2 Å². The number of nitrogens with zero attached hydrogens (tertiary/aromatic N) is 1. The molecule has 0 saturated carbocycles. The fraction of sp³-hybridized carbons (Fsp3) is 0.333. The quantitative estimate of drug-likeness (QED) is 0.640. The van der Waals surface area contributed by atoms with E-state index in [0.29, 0.717) is 43.2 Å². The first-order chi connectivity index (χ1) is 13.2. The zero-order valence-electron chi connectivity index (χ0n) is 15.4. The highest BCUT2D eigenvalue weighted by molar-refractivity contribution is 7.92. The maximum Gasteiger partial charge on any atom is 0.264 e. The lowest BCUT2D eigenvalue weighted by molar-refractivity contribution is 0.110. The molecule has 0 bridgehead atoms. The molecule has 0 atom stereocenters. The van der Waals surface area contributed by atoms with E-state index in [-0.39, 0.29) is 16.3 Å². The van der Waals surface area contributed by atoms with Crippen LogP contribution in [0.15, 0.2) is 52.3 Å². The zero-order chi connectivity index (χ0) is 20.4. The number of fused-ring (bicyclic) bond motifs is 1. The Bertz CT molecular complexity index is 1050. The van der Waals surface area contributed by atoms with Crippen molar-refractivity contribution in [3.8, 4) is 5.75 Å². The van der Waals surface area contributed by atoms with Gasteiger partial charge in [-0.2, -0.15) is 0 Å². The van der Waals surface area contributed by atoms with Crippen LogP contribution in [0.1, 0.15) is 12.5 Å². The number of benzene rings is 2. The fourth-order valence-electron chi connectivity index (χ4n) is 2.97. The van der Waals surface area contributed by atoms with Gasteiger partial charge in [-0.05, 0) is 61.4 Å². The molecular weight excluding hydrogens is 404 g/mol. The van der Waals surface area contributed by atoms with Crippen molar-refractivity contribution >= 4 is 25.7 Å². The summed E-state index contributed by atoms with van der Waals surface area (Å²) in [5.74, 6) is 0.554. The first-order valence-corrected chi connectivity index (χ1v) is 11.7. The summed E-state index contributed by atoms with van der Waals surface area (Å²) < 4.78 is 61.0. The first-order valence-electron chi connectivity index (χ1n) is 8.72. The highest BCUT2D eigenvalue weighted by atomic mass is 32.2. The Balaban J connectivity index is 1.79. The molecule has 2 aromatic rings. The molecular formula is C18H22N2O6S2. The molecule has 8 nitrogen and oxygen atoms in total. The van der Waals surface area contributed by atoms with E-state index in [2.05, 4.69) is 0 Å². The second kappa shape index (κ2) is 8.08. The molecule has 2 N–H and O–H groups in total. The Morgan fingerprint density at radius 2 is 1.68 bits per heavy atom. The van der Waals surface area contributed by atoms with E-state index in [1.807, 2.05) is 6.92 Å². The van der Waals surface area contributed by atoms with Crippen molar-refractivity contribution in [3.63, 3.8) is 0 Å². The minimum Gasteiger partial charge on any atom is -0.491 e. The highest BCUT2D eigenvalue weighted by Crippen LogP contribution is 2.34. The molecule has 0 amide bonds. The SMILES string of the molecule is CCOCCOc1ccc(S(=O)(=O)N2CCc3cc(S(N)(=O)=O)ccc32)cc1. The molecule has 3 rings (SSSR count). The highest BCUT2D eigenvalue weighted by Gasteiger charge is 2.31. The molecule has 152 valence electrons. The molecule has 1 aliphatic rings. The molecule has 0 aliphatic carbocycles. The van der Waals surface area contributed by atoms with Gasteiger partial charge in [0.25, 0.3) is 10.0 Å². The molecule has 10 heteroatoms. The maximum absolute atomic E-state index is 13.0. The van der Waals surface area contributed by atoms with Gasteiger partial charge in [0.05, 0.1) is 22.1 Å². The lowest BCUT2D eigenvalue weighted by atomic mass is 10.2. The minimum atomic E-state index is -3.84. The third-order valence-electron chi connectivity index (χ3n) is 4.34. The number of primary sulfonamides is 1. The summed E-state index contributed by atoms with van der Waals surface area (Å²) in [6, 6.07) is 10.4. The van der Waals surface area contributed by atoms with Crippen molar-refractivity contribution in [3.05, 3.63) is 48.0 Å². The Labute approximate surface area is 165 Å². The summed E-state index contributed by atoms with van der Waals surface area (Å²) in [6.07, 6.45) is 0.413. The van der Waals surface area contributed by atoms with Crippen molar-refractivity contribution in [2.24, 2.45) is 5.14 Å². The van der Waals surface area contributed by atoms with Crippen LogP contribution in [0.2, 0.25) is 0 Å². The predicted molar refractivity (Wildman–Crippen MR) is 104 cm³/mol. The van der Waals surface area contributed by atoms with Crippen LogP contribution < -0.4 is 14.2 Å².